The van der Waals surface area contributed by atoms with E-state index in [2.05, 4.69) is 4.98 Å². The van der Waals surface area contributed by atoms with Crippen molar-refractivity contribution in [3.63, 3.8) is 0 Å². The van der Waals surface area contributed by atoms with Crippen LogP contribution in [0.25, 0.3) is 10.9 Å². The lowest BCUT2D eigenvalue weighted by Gasteiger charge is -2.14. The number of aromatic nitrogens is 2. The van der Waals surface area contributed by atoms with E-state index in [1.807, 2.05) is 44.2 Å². The molecule has 0 amide bonds. The molecule has 124 valence electrons. The number of nitrogens with zero attached hydrogens (tertiary/aromatic N) is 2. The average molecular weight is 324 g/mol. The molecule has 0 radical (unpaired) electrons. The predicted molar refractivity (Wildman–Crippen MR) is 93.7 cm³/mol. The lowest BCUT2D eigenvalue weighted by Crippen LogP contribution is -2.22. The fraction of sp³-hybridized carbons (Fsp3) is 0.263. The summed E-state index contributed by atoms with van der Waals surface area (Å²) in [6.45, 7) is 4.30. The standard InChI is InChI=1S/C19H20N2O3/c1-13(2)21-12-20-16-10-17(23-3)18(9-15(16)19(21)22)24-11-14-7-5-4-6-8-14/h4-10,12-13H,11H2,1-3H3. The second-order valence-corrected chi connectivity index (χ2v) is 5.85. The van der Waals surface area contributed by atoms with Crippen LogP contribution in [0.15, 0.2) is 53.6 Å². The fourth-order valence-electron chi connectivity index (χ4n) is 2.52. The van der Waals surface area contributed by atoms with E-state index in [0.717, 1.165) is 5.56 Å². The minimum absolute atomic E-state index is 0.0465. The molecule has 0 atom stereocenters. The van der Waals surface area contributed by atoms with Crippen molar-refractivity contribution in [1.82, 2.24) is 9.55 Å². The van der Waals surface area contributed by atoms with Crippen LogP contribution >= 0.6 is 0 Å². The molecule has 0 aliphatic heterocycles. The Balaban J connectivity index is 2.02. The highest BCUT2D eigenvalue weighted by Crippen LogP contribution is 2.31. The van der Waals surface area contributed by atoms with E-state index < -0.39 is 0 Å². The highest BCUT2D eigenvalue weighted by Gasteiger charge is 2.13. The smallest absolute Gasteiger partial charge is 0.261 e. The van der Waals surface area contributed by atoms with E-state index in [-0.39, 0.29) is 11.6 Å². The Kier molecular flexibility index (Phi) is 4.51. The van der Waals surface area contributed by atoms with Crippen molar-refractivity contribution in [1.29, 1.82) is 0 Å². The summed E-state index contributed by atoms with van der Waals surface area (Å²) in [5, 5.41) is 0.523. The summed E-state index contributed by atoms with van der Waals surface area (Å²) in [5.74, 6) is 1.10. The van der Waals surface area contributed by atoms with E-state index in [1.54, 1.807) is 30.1 Å². The third kappa shape index (κ3) is 3.11. The minimum atomic E-state index is -0.0813. The Bertz CT molecular complexity index is 902. The van der Waals surface area contributed by atoms with Crippen LogP contribution in [0.1, 0.15) is 25.5 Å². The van der Waals surface area contributed by atoms with E-state index in [1.165, 1.54) is 0 Å². The topological polar surface area (TPSA) is 53.4 Å². The molecule has 0 N–H and O–H groups in total. The molecule has 0 aliphatic carbocycles. The zero-order chi connectivity index (χ0) is 17.1. The van der Waals surface area contributed by atoms with E-state index in [0.29, 0.717) is 29.0 Å². The minimum Gasteiger partial charge on any atom is -0.493 e. The summed E-state index contributed by atoms with van der Waals surface area (Å²) in [7, 11) is 1.58. The van der Waals surface area contributed by atoms with Gasteiger partial charge in [0.2, 0.25) is 0 Å². The molecule has 0 unspecified atom stereocenters. The van der Waals surface area contributed by atoms with Crippen LogP contribution in [0.3, 0.4) is 0 Å². The van der Waals surface area contributed by atoms with Crippen LogP contribution in [0.4, 0.5) is 0 Å². The Hall–Kier alpha value is -2.82. The molecular formula is C19H20N2O3. The van der Waals surface area contributed by atoms with Gasteiger partial charge in [-0.05, 0) is 25.5 Å². The largest absolute Gasteiger partial charge is 0.493 e. The van der Waals surface area contributed by atoms with Gasteiger partial charge in [0.25, 0.3) is 5.56 Å². The first-order valence-electron chi connectivity index (χ1n) is 7.85. The molecule has 24 heavy (non-hydrogen) atoms. The number of ether oxygens (including phenoxy) is 2. The Morgan fingerprint density at radius 3 is 2.54 bits per heavy atom. The van der Waals surface area contributed by atoms with Crippen molar-refractivity contribution >= 4 is 10.9 Å². The molecule has 0 spiro atoms. The second kappa shape index (κ2) is 6.74. The number of rotatable bonds is 5. The molecule has 5 nitrogen and oxygen atoms in total. The zero-order valence-corrected chi connectivity index (χ0v) is 14.0. The van der Waals surface area contributed by atoms with Gasteiger partial charge in [0.05, 0.1) is 24.3 Å². The van der Waals surface area contributed by atoms with E-state index in [9.17, 15) is 4.79 Å². The fourth-order valence-corrected chi connectivity index (χ4v) is 2.52. The average Bonchev–Trinajstić information content (AvgIpc) is 2.60. The van der Waals surface area contributed by atoms with Gasteiger partial charge in [0.15, 0.2) is 11.5 Å². The Morgan fingerprint density at radius 1 is 1.12 bits per heavy atom. The molecule has 0 saturated heterocycles. The summed E-state index contributed by atoms with van der Waals surface area (Å²) in [4.78, 5) is 17.0. The van der Waals surface area contributed by atoms with Gasteiger partial charge >= 0.3 is 0 Å². The van der Waals surface area contributed by atoms with Gasteiger partial charge in [-0.3, -0.25) is 9.36 Å². The van der Waals surface area contributed by atoms with Crippen molar-refractivity contribution < 1.29 is 9.47 Å². The molecular weight excluding hydrogens is 304 g/mol. The van der Waals surface area contributed by atoms with Gasteiger partial charge in [0, 0.05) is 12.1 Å². The zero-order valence-electron chi connectivity index (χ0n) is 14.0. The number of methoxy groups -OCH3 is 1. The van der Waals surface area contributed by atoms with Crippen LogP contribution in [-0.4, -0.2) is 16.7 Å². The van der Waals surface area contributed by atoms with Crippen molar-refractivity contribution in [2.45, 2.75) is 26.5 Å². The van der Waals surface area contributed by atoms with Crippen LogP contribution in [0.5, 0.6) is 11.5 Å². The molecule has 5 heteroatoms. The van der Waals surface area contributed by atoms with Crippen LogP contribution in [0.2, 0.25) is 0 Å². The number of benzene rings is 2. The van der Waals surface area contributed by atoms with Crippen molar-refractivity contribution in [3.8, 4) is 11.5 Å². The third-order valence-electron chi connectivity index (χ3n) is 3.86. The van der Waals surface area contributed by atoms with Crippen LogP contribution in [-0.2, 0) is 6.61 Å². The summed E-state index contributed by atoms with van der Waals surface area (Å²) in [6, 6.07) is 13.3. The second-order valence-electron chi connectivity index (χ2n) is 5.85. The van der Waals surface area contributed by atoms with Crippen molar-refractivity contribution in [2.24, 2.45) is 0 Å². The molecule has 0 saturated carbocycles. The first kappa shape index (κ1) is 16.1. The molecule has 3 rings (SSSR count). The monoisotopic (exact) mass is 324 g/mol. The van der Waals surface area contributed by atoms with Crippen LogP contribution < -0.4 is 15.0 Å². The first-order chi connectivity index (χ1) is 11.6. The van der Waals surface area contributed by atoms with E-state index >= 15 is 0 Å². The number of hydrogen-bond acceptors (Lipinski definition) is 4. The van der Waals surface area contributed by atoms with Gasteiger partial charge in [-0.1, -0.05) is 30.3 Å². The third-order valence-corrected chi connectivity index (χ3v) is 3.86. The highest BCUT2D eigenvalue weighted by molar-refractivity contribution is 5.81. The molecule has 2 aromatic carbocycles. The summed E-state index contributed by atoms with van der Waals surface area (Å²) >= 11 is 0. The predicted octanol–water partition coefficient (Wildman–Crippen LogP) is 3.57. The van der Waals surface area contributed by atoms with Crippen LogP contribution in [0, 0.1) is 0 Å². The van der Waals surface area contributed by atoms with Gasteiger partial charge in [0.1, 0.15) is 6.61 Å². The SMILES string of the molecule is COc1cc2ncn(C(C)C)c(=O)c2cc1OCc1ccccc1. The van der Waals surface area contributed by atoms with Gasteiger partial charge < -0.3 is 9.47 Å². The molecule has 3 aromatic rings. The van der Waals surface area contributed by atoms with Gasteiger partial charge in [-0.2, -0.15) is 0 Å². The Morgan fingerprint density at radius 2 is 1.88 bits per heavy atom. The lowest BCUT2D eigenvalue weighted by atomic mass is 10.2. The van der Waals surface area contributed by atoms with Crippen molar-refractivity contribution in [2.75, 3.05) is 7.11 Å². The molecule has 0 aliphatic rings. The molecule has 1 heterocycles. The van der Waals surface area contributed by atoms with Gasteiger partial charge in [-0.25, -0.2) is 4.98 Å². The quantitative estimate of drug-likeness (QED) is 0.720. The summed E-state index contributed by atoms with van der Waals surface area (Å²) in [6.07, 6.45) is 1.57. The van der Waals surface area contributed by atoms with Gasteiger partial charge in [-0.15, -0.1) is 0 Å². The lowest BCUT2D eigenvalue weighted by molar-refractivity contribution is 0.285. The maximum Gasteiger partial charge on any atom is 0.261 e. The maximum absolute atomic E-state index is 12.6. The summed E-state index contributed by atoms with van der Waals surface area (Å²) in [5.41, 5.74) is 1.56. The summed E-state index contributed by atoms with van der Waals surface area (Å²) < 4.78 is 12.9. The maximum atomic E-state index is 12.6. The molecule has 0 bridgehead atoms. The molecule has 0 fully saturated rings. The van der Waals surface area contributed by atoms with E-state index in [4.69, 9.17) is 9.47 Å². The highest BCUT2D eigenvalue weighted by atomic mass is 16.5. The number of fused-ring (bicyclic) bond motifs is 1. The first-order valence-corrected chi connectivity index (χ1v) is 7.85. The van der Waals surface area contributed by atoms with Crippen molar-refractivity contribution in [3.05, 3.63) is 64.7 Å². The normalized spacial score (nSPS) is 11.0. The number of hydrogen-bond donors (Lipinski definition) is 0. The Labute approximate surface area is 140 Å². The molecule has 1 aromatic heterocycles.